The fourth-order valence-corrected chi connectivity index (χ4v) is 2.94. The predicted octanol–water partition coefficient (Wildman–Crippen LogP) is 2.87. The number of benzene rings is 1. The molecule has 0 bridgehead atoms. The standard InChI is InChI=1S/C17H17Cl2N3O4/c1-10(16(23)24)21-15(17(25)26-2)6-14-7-20-9-22(14)8-11-3-12(18)5-13(19)4-11/h3-5,7,9,15H,6,8H2,1-2H3,(H,23,24)/t15-/m0/s1. The minimum absolute atomic E-state index is 0.144. The van der Waals surface area contributed by atoms with Gasteiger partial charge >= 0.3 is 11.9 Å². The number of aliphatic carboxylic acids is 1. The molecule has 0 spiro atoms. The number of hydrogen-bond donors (Lipinski definition) is 1. The first-order valence-corrected chi connectivity index (χ1v) is 8.35. The number of aromatic nitrogens is 2. The van der Waals surface area contributed by atoms with E-state index in [1.807, 2.05) is 4.57 Å². The zero-order chi connectivity index (χ0) is 19.3. The lowest BCUT2D eigenvalue weighted by atomic mass is 10.1. The number of esters is 1. The summed E-state index contributed by atoms with van der Waals surface area (Å²) >= 11 is 12.0. The zero-order valence-corrected chi connectivity index (χ0v) is 15.7. The Morgan fingerprint density at radius 2 is 1.96 bits per heavy atom. The molecule has 1 aromatic carbocycles. The van der Waals surface area contributed by atoms with Gasteiger partial charge in [0.25, 0.3) is 0 Å². The van der Waals surface area contributed by atoms with Gasteiger partial charge in [0.15, 0.2) is 6.04 Å². The fourth-order valence-electron chi connectivity index (χ4n) is 2.36. The van der Waals surface area contributed by atoms with Gasteiger partial charge in [0.05, 0.1) is 13.4 Å². The number of methoxy groups -OCH3 is 1. The highest BCUT2D eigenvalue weighted by Gasteiger charge is 2.22. The summed E-state index contributed by atoms with van der Waals surface area (Å²) in [5.74, 6) is -1.81. The van der Waals surface area contributed by atoms with E-state index in [0.717, 1.165) is 5.56 Å². The molecule has 1 heterocycles. The average molecular weight is 398 g/mol. The first-order chi connectivity index (χ1) is 12.3. The van der Waals surface area contributed by atoms with Gasteiger partial charge in [0.2, 0.25) is 0 Å². The van der Waals surface area contributed by atoms with E-state index in [2.05, 4.69) is 9.98 Å². The fraction of sp³-hybridized carbons (Fsp3) is 0.294. The Morgan fingerprint density at radius 3 is 2.54 bits per heavy atom. The second-order valence-electron chi connectivity index (χ2n) is 5.55. The van der Waals surface area contributed by atoms with Crippen molar-refractivity contribution in [3.8, 4) is 0 Å². The number of carboxylic acid groups (broad SMARTS) is 1. The highest BCUT2D eigenvalue weighted by atomic mass is 35.5. The molecule has 0 fully saturated rings. The summed E-state index contributed by atoms with van der Waals surface area (Å²) in [7, 11) is 1.23. The van der Waals surface area contributed by atoms with Crippen molar-refractivity contribution in [1.29, 1.82) is 0 Å². The van der Waals surface area contributed by atoms with Crippen LogP contribution < -0.4 is 0 Å². The average Bonchev–Trinajstić information content (AvgIpc) is 2.99. The molecule has 2 aromatic rings. The number of aliphatic imine (C=N–C) groups is 1. The Morgan fingerprint density at radius 1 is 1.31 bits per heavy atom. The number of carboxylic acids is 1. The van der Waals surface area contributed by atoms with Gasteiger partial charge < -0.3 is 14.4 Å². The monoisotopic (exact) mass is 397 g/mol. The van der Waals surface area contributed by atoms with Gasteiger partial charge in [-0.2, -0.15) is 0 Å². The third kappa shape index (κ3) is 5.31. The SMILES string of the molecule is COC(=O)[C@H](Cc1cncn1Cc1cc(Cl)cc(Cl)c1)N=C(C)C(=O)O. The van der Waals surface area contributed by atoms with Crippen LogP contribution in [0.25, 0.3) is 0 Å². The molecule has 1 aromatic heterocycles. The van der Waals surface area contributed by atoms with Crippen LogP contribution in [-0.4, -0.2) is 45.5 Å². The number of hydrogen-bond acceptors (Lipinski definition) is 5. The van der Waals surface area contributed by atoms with Crippen LogP contribution >= 0.6 is 23.2 Å². The Bertz CT molecular complexity index is 828. The van der Waals surface area contributed by atoms with Gasteiger partial charge in [-0.25, -0.2) is 14.6 Å². The minimum atomic E-state index is -1.19. The normalized spacial score (nSPS) is 12.7. The van der Waals surface area contributed by atoms with Crippen LogP contribution in [0.4, 0.5) is 0 Å². The van der Waals surface area contributed by atoms with Crippen LogP contribution in [0.15, 0.2) is 35.7 Å². The maximum Gasteiger partial charge on any atom is 0.349 e. The third-order valence-electron chi connectivity index (χ3n) is 3.61. The minimum Gasteiger partial charge on any atom is -0.477 e. The van der Waals surface area contributed by atoms with Crippen molar-refractivity contribution in [1.82, 2.24) is 9.55 Å². The molecule has 138 valence electrons. The Balaban J connectivity index is 2.26. The summed E-state index contributed by atoms with van der Waals surface area (Å²) in [6.07, 6.45) is 3.34. The summed E-state index contributed by atoms with van der Waals surface area (Å²) in [5.41, 5.74) is 1.38. The van der Waals surface area contributed by atoms with Crippen molar-refractivity contribution in [3.05, 3.63) is 52.0 Å². The molecule has 9 heteroatoms. The van der Waals surface area contributed by atoms with E-state index in [4.69, 9.17) is 33.0 Å². The van der Waals surface area contributed by atoms with Crippen LogP contribution in [0.3, 0.4) is 0 Å². The van der Waals surface area contributed by atoms with Gasteiger partial charge in [-0.15, -0.1) is 0 Å². The lowest BCUT2D eigenvalue weighted by molar-refractivity contribution is -0.142. The highest BCUT2D eigenvalue weighted by Crippen LogP contribution is 2.20. The third-order valence-corrected chi connectivity index (χ3v) is 4.04. The van der Waals surface area contributed by atoms with E-state index >= 15 is 0 Å². The first kappa shape index (κ1) is 19.9. The Kier molecular flexibility index (Phi) is 6.76. The van der Waals surface area contributed by atoms with Gasteiger partial charge in [0.1, 0.15) is 5.71 Å². The lowest BCUT2D eigenvalue weighted by Gasteiger charge is -2.13. The van der Waals surface area contributed by atoms with E-state index in [1.165, 1.54) is 14.0 Å². The number of imidazole rings is 1. The van der Waals surface area contributed by atoms with E-state index in [1.54, 1.807) is 30.7 Å². The number of halogens is 2. The molecule has 1 N–H and O–H groups in total. The number of rotatable bonds is 7. The van der Waals surface area contributed by atoms with Crippen molar-refractivity contribution in [2.24, 2.45) is 4.99 Å². The molecular formula is C17H17Cl2N3O4. The molecule has 0 aliphatic carbocycles. The molecule has 0 saturated heterocycles. The summed E-state index contributed by atoms with van der Waals surface area (Å²) in [5, 5.41) is 10.0. The molecule has 0 saturated carbocycles. The molecule has 26 heavy (non-hydrogen) atoms. The second kappa shape index (κ2) is 8.82. The van der Waals surface area contributed by atoms with Crippen LogP contribution in [0.5, 0.6) is 0 Å². The number of nitrogens with zero attached hydrogens (tertiary/aromatic N) is 3. The quantitative estimate of drug-likeness (QED) is 0.572. The lowest BCUT2D eigenvalue weighted by Crippen LogP contribution is -2.26. The van der Waals surface area contributed by atoms with Crippen molar-refractivity contribution in [2.75, 3.05) is 7.11 Å². The number of ether oxygens (including phenoxy) is 1. The maximum absolute atomic E-state index is 12.0. The molecule has 0 radical (unpaired) electrons. The molecular weight excluding hydrogens is 381 g/mol. The maximum atomic E-state index is 12.0. The van der Waals surface area contributed by atoms with Gasteiger partial charge in [-0.1, -0.05) is 23.2 Å². The number of carbonyl (C=O) groups is 2. The summed E-state index contributed by atoms with van der Waals surface area (Å²) < 4.78 is 6.54. The highest BCUT2D eigenvalue weighted by molar-refractivity contribution is 6.35. The summed E-state index contributed by atoms with van der Waals surface area (Å²) in [6, 6.07) is 4.22. The largest absolute Gasteiger partial charge is 0.477 e. The summed E-state index contributed by atoms with van der Waals surface area (Å²) in [6.45, 7) is 1.76. The molecule has 0 aliphatic rings. The van der Waals surface area contributed by atoms with E-state index in [9.17, 15) is 9.59 Å². The molecule has 0 aliphatic heterocycles. The smallest absolute Gasteiger partial charge is 0.349 e. The topological polar surface area (TPSA) is 93.8 Å². The summed E-state index contributed by atoms with van der Waals surface area (Å²) in [4.78, 5) is 31.0. The molecule has 7 nitrogen and oxygen atoms in total. The molecule has 0 amide bonds. The van der Waals surface area contributed by atoms with Crippen molar-refractivity contribution in [2.45, 2.75) is 25.9 Å². The van der Waals surface area contributed by atoms with Crippen molar-refractivity contribution in [3.63, 3.8) is 0 Å². The first-order valence-electron chi connectivity index (χ1n) is 7.59. The van der Waals surface area contributed by atoms with Crippen LogP contribution in [0, 0.1) is 0 Å². The van der Waals surface area contributed by atoms with Crippen molar-refractivity contribution < 1.29 is 19.4 Å². The van der Waals surface area contributed by atoms with Crippen molar-refractivity contribution >= 4 is 40.9 Å². The van der Waals surface area contributed by atoms with E-state index in [-0.39, 0.29) is 12.1 Å². The van der Waals surface area contributed by atoms with Crippen LogP contribution in [0.2, 0.25) is 10.0 Å². The zero-order valence-electron chi connectivity index (χ0n) is 14.1. The predicted molar refractivity (Wildman–Crippen MR) is 98.0 cm³/mol. The molecule has 2 rings (SSSR count). The van der Waals surface area contributed by atoms with E-state index in [0.29, 0.717) is 22.3 Å². The van der Waals surface area contributed by atoms with Crippen LogP contribution in [0.1, 0.15) is 18.2 Å². The Hall–Kier alpha value is -2.38. The van der Waals surface area contributed by atoms with Gasteiger partial charge in [-0.05, 0) is 30.7 Å². The number of carbonyl (C=O) groups excluding carboxylic acids is 1. The molecule has 1 atom stereocenters. The second-order valence-corrected chi connectivity index (χ2v) is 6.43. The Labute approximate surface area is 160 Å². The molecule has 0 unspecified atom stereocenters. The van der Waals surface area contributed by atoms with Crippen LogP contribution in [-0.2, 0) is 27.3 Å². The van der Waals surface area contributed by atoms with Gasteiger partial charge in [0, 0.05) is 34.9 Å². The van der Waals surface area contributed by atoms with Gasteiger partial charge in [-0.3, -0.25) is 4.99 Å². The van der Waals surface area contributed by atoms with E-state index < -0.39 is 18.0 Å².